The molecule has 1 aliphatic rings. The zero-order chi connectivity index (χ0) is 20.8. The van der Waals surface area contributed by atoms with E-state index in [1.165, 1.54) is 36.0 Å². The number of nitrogens with zero attached hydrogens (tertiary/aromatic N) is 2. The van der Waals surface area contributed by atoms with Crippen molar-refractivity contribution in [3.8, 4) is 17.0 Å². The van der Waals surface area contributed by atoms with Gasteiger partial charge in [0.25, 0.3) is 5.91 Å². The third kappa shape index (κ3) is 4.86. The van der Waals surface area contributed by atoms with E-state index in [1.807, 2.05) is 18.2 Å². The number of carbonyl (C=O) groups is 1. The average molecular weight is 402 g/mol. The van der Waals surface area contributed by atoms with Gasteiger partial charge in [0.15, 0.2) is 0 Å². The van der Waals surface area contributed by atoms with Gasteiger partial charge in [-0.1, -0.05) is 42.8 Å². The number of benzene rings is 2. The molecule has 0 aliphatic carbocycles. The maximum Gasteiger partial charge on any atom is 0.255 e. The van der Waals surface area contributed by atoms with E-state index in [9.17, 15) is 4.79 Å². The zero-order valence-electron chi connectivity index (χ0n) is 17.3. The third-order valence-corrected chi connectivity index (χ3v) is 5.50. The second-order valence-corrected chi connectivity index (χ2v) is 7.62. The number of aromatic nitrogens is 1. The fraction of sp³-hybridized carbons (Fsp3) is 0.280. The molecule has 3 aromatic rings. The summed E-state index contributed by atoms with van der Waals surface area (Å²) in [6, 6.07) is 19.8. The predicted molar refractivity (Wildman–Crippen MR) is 120 cm³/mol. The van der Waals surface area contributed by atoms with Crippen molar-refractivity contribution in [2.75, 3.05) is 25.5 Å². The van der Waals surface area contributed by atoms with Gasteiger partial charge in [0.1, 0.15) is 0 Å². The summed E-state index contributed by atoms with van der Waals surface area (Å²) >= 11 is 0. The van der Waals surface area contributed by atoms with Crippen LogP contribution in [0.15, 0.2) is 66.9 Å². The Kier molecular flexibility index (Phi) is 6.40. The highest BCUT2D eigenvalue weighted by molar-refractivity contribution is 6.04. The summed E-state index contributed by atoms with van der Waals surface area (Å²) in [4.78, 5) is 19.5. The molecule has 1 aliphatic heterocycles. The molecule has 0 spiro atoms. The number of likely N-dealkylation sites (tertiary alicyclic amines) is 1. The average Bonchev–Trinajstić information content (AvgIpc) is 2.80. The van der Waals surface area contributed by atoms with Gasteiger partial charge in [-0.3, -0.25) is 9.69 Å². The summed E-state index contributed by atoms with van der Waals surface area (Å²) in [5.74, 6) is 0.334. The van der Waals surface area contributed by atoms with Gasteiger partial charge < -0.3 is 10.1 Å². The standard InChI is InChI=1S/C25H27N3O2/c1-30-24-17-22(12-13-26-24)27-25(29)20-10-11-23(19-8-4-2-5-9-19)21(16-20)18-28-14-6-3-7-15-28/h2,4-5,8-13,16-17H,3,6-7,14-15,18H2,1H3,(H,26,27,29). The van der Waals surface area contributed by atoms with Crippen LogP contribution in [0.5, 0.6) is 5.88 Å². The lowest BCUT2D eigenvalue weighted by Crippen LogP contribution is -2.29. The third-order valence-electron chi connectivity index (χ3n) is 5.50. The van der Waals surface area contributed by atoms with Crippen LogP contribution in [0.2, 0.25) is 0 Å². The molecule has 2 aromatic carbocycles. The van der Waals surface area contributed by atoms with Crippen LogP contribution in [0.4, 0.5) is 5.69 Å². The molecule has 2 heterocycles. The maximum absolute atomic E-state index is 12.9. The van der Waals surface area contributed by atoms with E-state index in [2.05, 4.69) is 45.5 Å². The van der Waals surface area contributed by atoms with Gasteiger partial charge >= 0.3 is 0 Å². The summed E-state index contributed by atoms with van der Waals surface area (Å²) in [7, 11) is 1.56. The number of hydrogen-bond acceptors (Lipinski definition) is 4. The Morgan fingerprint density at radius 1 is 1.03 bits per heavy atom. The van der Waals surface area contributed by atoms with Gasteiger partial charge in [0.05, 0.1) is 7.11 Å². The first-order valence-corrected chi connectivity index (χ1v) is 10.4. The highest BCUT2D eigenvalue weighted by atomic mass is 16.5. The molecule has 1 aromatic heterocycles. The molecule has 0 bridgehead atoms. The van der Waals surface area contributed by atoms with Crippen molar-refractivity contribution in [3.05, 3.63) is 78.0 Å². The molecule has 0 saturated carbocycles. The lowest BCUT2D eigenvalue weighted by molar-refractivity contribution is 0.102. The lowest BCUT2D eigenvalue weighted by atomic mass is 9.96. The quantitative estimate of drug-likeness (QED) is 0.632. The van der Waals surface area contributed by atoms with Gasteiger partial charge in [-0.05, 0) is 60.8 Å². The fourth-order valence-electron chi connectivity index (χ4n) is 3.93. The minimum Gasteiger partial charge on any atom is -0.481 e. The summed E-state index contributed by atoms with van der Waals surface area (Å²) in [5, 5.41) is 2.95. The molecule has 5 nitrogen and oxygen atoms in total. The van der Waals surface area contributed by atoms with E-state index in [4.69, 9.17) is 4.74 Å². The number of pyridine rings is 1. The number of anilines is 1. The van der Waals surface area contributed by atoms with Gasteiger partial charge in [-0.2, -0.15) is 0 Å². The molecular weight excluding hydrogens is 374 g/mol. The van der Waals surface area contributed by atoms with Gasteiger partial charge in [0, 0.05) is 30.1 Å². The van der Waals surface area contributed by atoms with Crippen LogP contribution >= 0.6 is 0 Å². The number of ether oxygens (including phenoxy) is 1. The molecule has 1 amide bonds. The van der Waals surface area contributed by atoms with E-state index < -0.39 is 0 Å². The minimum absolute atomic E-state index is 0.136. The summed E-state index contributed by atoms with van der Waals surface area (Å²) in [5.41, 5.74) is 4.86. The van der Waals surface area contributed by atoms with E-state index >= 15 is 0 Å². The largest absolute Gasteiger partial charge is 0.481 e. The fourth-order valence-corrected chi connectivity index (χ4v) is 3.93. The molecule has 0 radical (unpaired) electrons. The molecule has 4 rings (SSSR count). The van der Waals surface area contributed by atoms with Gasteiger partial charge in [-0.15, -0.1) is 0 Å². The monoisotopic (exact) mass is 401 g/mol. The number of hydrogen-bond donors (Lipinski definition) is 1. The van der Waals surface area contributed by atoms with E-state index in [0.29, 0.717) is 17.1 Å². The Labute approximate surface area is 177 Å². The van der Waals surface area contributed by atoms with E-state index in [0.717, 1.165) is 19.6 Å². The van der Waals surface area contributed by atoms with Gasteiger partial charge in [0.2, 0.25) is 5.88 Å². The number of methoxy groups -OCH3 is 1. The van der Waals surface area contributed by atoms with Crippen molar-refractivity contribution < 1.29 is 9.53 Å². The topological polar surface area (TPSA) is 54.5 Å². The molecular formula is C25H27N3O2. The first kappa shape index (κ1) is 20.1. The predicted octanol–water partition coefficient (Wildman–Crippen LogP) is 5.00. The summed E-state index contributed by atoms with van der Waals surface area (Å²) < 4.78 is 5.14. The Balaban J connectivity index is 1.61. The highest BCUT2D eigenvalue weighted by Crippen LogP contribution is 2.27. The van der Waals surface area contributed by atoms with Crippen molar-refractivity contribution in [1.82, 2.24) is 9.88 Å². The number of amides is 1. The molecule has 1 N–H and O–H groups in total. The Morgan fingerprint density at radius 2 is 1.83 bits per heavy atom. The smallest absolute Gasteiger partial charge is 0.255 e. The number of nitrogens with one attached hydrogen (secondary N) is 1. The Hall–Kier alpha value is -3.18. The van der Waals surface area contributed by atoms with Crippen molar-refractivity contribution >= 4 is 11.6 Å². The molecule has 1 saturated heterocycles. The van der Waals surface area contributed by atoms with Crippen LogP contribution in [0.3, 0.4) is 0 Å². The highest BCUT2D eigenvalue weighted by Gasteiger charge is 2.16. The molecule has 154 valence electrons. The van der Waals surface area contributed by atoms with Crippen LogP contribution < -0.4 is 10.1 Å². The number of carbonyl (C=O) groups excluding carboxylic acids is 1. The Bertz CT molecular complexity index is 998. The number of rotatable bonds is 6. The lowest BCUT2D eigenvalue weighted by Gasteiger charge is -2.27. The second-order valence-electron chi connectivity index (χ2n) is 7.62. The maximum atomic E-state index is 12.9. The molecule has 5 heteroatoms. The number of piperidine rings is 1. The summed E-state index contributed by atoms with van der Waals surface area (Å²) in [6.07, 6.45) is 5.41. The van der Waals surface area contributed by atoms with Gasteiger partial charge in [-0.25, -0.2) is 4.98 Å². The molecule has 0 atom stereocenters. The summed E-state index contributed by atoms with van der Waals surface area (Å²) in [6.45, 7) is 3.08. The SMILES string of the molecule is COc1cc(NC(=O)c2ccc(-c3ccccc3)c(CN3CCCCC3)c2)ccn1. The van der Waals surface area contributed by atoms with E-state index in [1.54, 1.807) is 25.4 Å². The van der Waals surface area contributed by atoms with Crippen LogP contribution in [0, 0.1) is 0 Å². The zero-order valence-corrected chi connectivity index (χ0v) is 17.3. The van der Waals surface area contributed by atoms with E-state index in [-0.39, 0.29) is 5.91 Å². The molecule has 1 fully saturated rings. The molecule has 0 unspecified atom stereocenters. The first-order chi connectivity index (χ1) is 14.7. The molecule has 30 heavy (non-hydrogen) atoms. The van der Waals surface area contributed by atoms with Crippen molar-refractivity contribution in [1.29, 1.82) is 0 Å². The second kappa shape index (κ2) is 9.55. The van der Waals surface area contributed by atoms with Crippen LogP contribution in [-0.2, 0) is 6.54 Å². The Morgan fingerprint density at radius 3 is 2.60 bits per heavy atom. The first-order valence-electron chi connectivity index (χ1n) is 10.4. The van der Waals surface area contributed by atoms with Crippen LogP contribution in [0.25, 0.3) is 11.1 Å². The van der Waals surface area contributed by atoms with Crippen LogP contribution in [0.1, 0.15) is 35.2 Å². The van der Waals surface area contributed by atoms with Crippen molar-refractivity contribution in [2.45, 2.75) is 25.8 Å². The normalized spacial score (nSPS) is 14.3. The van der Waals surface area contributed by atoms with Crippen molar-refractivity contribution in [2.24, 2.45) is 0 Å². The van der Waals surface area contributed by atoms with Crippen molar-refractivity contribution in [3.63, 3.8) is 0 Å². The van der Waals surface area contributed by atoms with Crippen LogP contribution in [-0.4, -0.2) is 36.0 Å². The minimum atomic E-state index is -0.136.